The summed E-state index contributed by atoms with van der Waals surface area (Å²) < 4.78 is 11.2. The standard InChI is InChI=1S/C22H27NO2/c1-24-21-10-6-5-9-19(21)23-20-13-16-12-11-15-7-3-4-8-17(15)18(16)14-22(20)25-2/h5-6,9-10,13-15,17,23H,3-4,7-8,11-12H2,1-2H3. The maximum Gasteiger partial charge on any atom is 0.142 e. The third-order valence-corrected chi connectivity index (χ3v) is 5.93. The van der Waals surface area contributed by atoms with Crippen molar-refractivity contribution in [3.8, 4) is 11.5 Å². The van der Waals surface area contributed by atoms with Gasteiger partial charge in [0.15, 0.2) is 0 Å². The molecule has 0 aromatic heterocycles. The number of rotatable bonds is 4. The fourth-order valence-electron chi connectivity index (χ4n) is 4.67. The van der Waals surface area contributed by atoms with Crippen LogP contribution in [0.2, 0.25) is 0 Å². The number of ether oxygens (including phenoxy) is 2. The summed E-state index contributed by atoms with van der Waals surface area (Å²) in [6.45, 7) is 0. The molecule has 1 N–H and O–H groups in total. The summed E-state index contributed by atoms with van der Waals surface area (Å²) in [5.74, 6) is 3.37. The summed E-state index contributed by atoms with van der Waals surface area (Å²) >= 11 is 0. The lowest BCUT2D eigenvalue weighted by atomic mass is 9.68. The zero-order valence-corrected chi connectivity index (χ0v) is 15.2. The molecular formula is C22H27NO2. The molecule has 0 heterocycles. The van der Waals surface area contributed by atoms with E-state index in [1.807, 2.05) is 24.3 Å². The van der Waals surface area contributed by atoms with E-state index in [9.17, 15) is 0 Å². The first-order valence-corrected chi connectivity index (χ1v) is 9.41. The van der Waals surface area contributed by atoms with Crippen molar-refractivity contribution in [3.63, 3.8) is 0 Å². The van der Waals surface area contributed by atoms with Crippen LogP contribution in [-0.4, -0.2) is 14.2 Å². The van der Waals surface area contributed by atoms with Crippen LogP contribution in [0.1, 0.15) is 49.1 Å². The SMILES string of the molecule is COc1ccccc1Nc1cc2c(cc1OC)C1CCCCC1CC2. The molecule has 2 aliphatic rings. The Hall–Kier alpha value is -2.16. The van der Waals surface area contributed by atoms with Crippen LogP contribution in [0.15, 0.2) is 36.4 Å². The fourth-order valence-corrected chi connectivity index (χ4v) is 4.67. The van der Waals surface area contributed by atoms with Crippen LogP contribution < -0.4 is 14.8 Å². The van der Waals surface area contributed by atoms with Crippen LogP contribution in [0.5, 0.6) is 11.5 Å². The summed E-state index contributed by atoms with van der Waals surface area (Å²) in [6, 6.07) is 12.6. The molecule has 2 aliphatic carbocycles. The first kappa shape index (κ1) is 16.3. The van der Waals surface area contributed by atoms with Crippen molar-refractivity contribution in [2.45, 2.75) is 44.4 Å². The number of benzene rings is 2. The van der Waals surface area contributed by atoms with Gasteiger partial charge in [0.2, 0.25) is 0 Å². The van der Waals surface area contributed by atoms with Crippen molar-refractivity contribution in [3.05, 3.63) is 47.5 Å². The Morgan fingerprint density at radius 3 is 2.52 bits per heavy atom. The molecule has 2 atom stereocenters. The van der Waals surface area contributed by atoms with Crippen LogP contribution in [-0.2, 0) is 6.42 Å². The highest BCUT2D eigenvalue weighted by Gasteiger charge is 2.32. The van der Waals surface area contributed by atoms with Crippen molar-refractivity contribution in [2.24, 2.45) is 5.92 Å². The fraction of sp³-hybridized carbons (Fsp3) is 0.455. The normalized spacial score (nSPS) is 21.8. The minimum atomic E-state index is 0.728. The minimum absolute atomic E-state index is 0.728. The van der Waals surface area contributed by atoms with Gasteiger partial charge < -0.3 is 14.8 Å². The van der Waals surface area contributed by atoms with E-state index in [2.05, 4.69) is 17.4 Å². The van der Waals surface area contributed by atoms with Crippen LogP contribution >= 0.6 is 0 Å². The number of anilines is 2. The smallest absolute Gasteiger partial charge is 0.142 e. The molecule has 0 radical (unpaired) electrons. The molecule has 0 bridgehead atoms. The number of nitrogens with one attached hydrogen (secondary N) is 1. The summed E-state index contributed by atoms with van der Waals surface area (Å²) in [5.41, 5.74) is 5.01. The van der Waals surface area contributed by atoms with Gasteiger partial charge >= 0.3 is 0 Å². The Balaban J connectivity index is 1.70. The Bertz CT molecular complexity index is 756. The maximum atomic E-state index is 5.73. The number of para-hydroxylation sites is 2. The summed E-state index contributed by atoms with van der Waals surface area (Å²) in [7, 11) is 3.46. The van der Waals surface area contributed by atoms with Crippen LogP contribution in [0.3, 0.4) is 0 Å². The molecule has 4 rings (SSSR count). The number of hydrogen-bond acceptors (Lipinski definition) is 3. The predicted octanol–water partition coefficient (Wildman–Crippen LogP) is 5.67. The summed E-state index contributed by atoms with van der Waals surface area (Å²) in [5, 5.41) is 3.52. The van der Waals surface area contributed by atoms with Crippen LogP contribution in [0.4, 0.5) is 11.4 Å². The Morgan fingerprint density at radius 2 is 1.68 bits per heavy atom. The van der Waals surface area contributed by atoms with Crippen molar-refractivity contribution in [2.75, 3.05) is 19.5 Å². The second-order valence-corrected chi connectivity index (χ2v) is 7.27. The van der Waals surface area contributed by atoms with Gasteiger partial charge in [-0.3, -0.25) is 0 Å². The quantitative estimate of drug-likeness (QED) is 0.780. The highest BCUT2D eigenvalue weighted by molar-refractivity contribution is 5.72. The average Bonchev–Trinajstić information content (AvgIpc) is 2.67. The maximum absolute atomic E-state index is 5.73. The van der Waals surface area contributed by atoms with Crippen molar-refractivity contribution < 1.29 is 9.47 Å². The van der Waals surface area contributed by atoms with Gasteiger partial charge in [0.05, 0.1) is 25.6 Å². The summed E-state index contributed by atoms with van der Waals surface area (Å²) in [4.78, 5) is 0. The predicted molar refractivity (Wildman–Crippen MR) is 102 cm³/mol. The van der Waals surface area contributed by atoms with Gasteiger partial charge in [-0.15, -0.1) is 0 Å². The molecule has 132 valence electrons. The second-order valence-electron chi connectivity index (χ2n) is 7.27. The molecule has 2 unspecified atom stereocenters. The number of methoxy groups -OCH3 is 2. The lowest BCUT2D eigenvalue weighted by Crippen LogP contribution is -2.24. The van der Waals surface area contributed by atoms with E-state index >= 15 is 0 Å². The van der Waals surface area contributed by atoms with E-state index in [1.165, 1.54) is 49.7 Å². The molecule has 2 aromatic rings. The van der Waals surface area contributed by atoms with Gasteiger partial charge in [0, 0.05) is 0 Å². The average molecular weight is 337 g/mol. The van der Waals surface area contributed by atoms with Crippen molar-refractivity contribution in [1.29, 1.82) is 0 Å². The molecule has 3 nitrogen and oxygen atoms in total. The van der Waals surface area contributed by atoms with Gasteiger partial charge in [0.1, 0.15) is 11.5 Å². The van der Waals surface area contributed by atoms with Gasteiger partial charge in [-0.05, 0) is 72.9 Å². The van der Waals surface area contributed by atoms with Gasteiger partial charge in [-0.2, -0.15) is 0 Å². The van der Waals surface area contributed by atoms with Crippen molar-refractivity contribution >= 4 is 11.4 Å². The summed E-state index contributed by atoms with van der Waals surface area (Å²) in [6.07, 6.45) is 8.01. The first-order chi connectivity index (χ1) is 12.3. The highest BCUT2D eigenvalue weighted by Crippen LogP contribution is 2.47. The third kappa shape index (κ3) is 3.08. The largest absolute Gasteiger partial charge is 0.495 e. The van der Waals surface area contributed by atoms with E-state index in [-0.39, 0.29) is 0 Å². The minimum Gasteiger partial charge on any atom is -0.495 e. The lowest BCUT2D eigenvalue weighted by molar-refractivity contribution is 0.275. The van der Waals surface area contributed by atoms with Gasteiger partial charge in [0.25, 0.3) is 0 Å². The molecular weight excluding hydrogens is 310 g/mol. The Morgan fingerprint density at radius 1 is 0.880 bits per heavy atom. The zero-order chi connectivity index (χ0) is 17.2. The van der Waals surface area contributed by atoms with Crippen molar-refractivity contribution in [1.82, 2.24) is 0 Å². The van der Waals surface area contributed by atoms with Crippen LogP contribution in [0.25, 0.3) is 0 Å². The first-order valence-electron chi connectivity index (χ1n) is 9.41. The number of fused-ring (bicyclic) bond motifs is 3. The van der Waals surface area contributed by atoms with Gasteiger partial charge in [-0.25, -0.2) is 0 Å². The molecule has 25 heavy (non-hydrogen) atoms. The molecule has 0 aliphatic heterocycles. The second kappa shape index (κ2) is 6.99. The molecule has 0 saturated heterocycles. The van der Waals surface area contributed by atoms with Gasteiger partial charge in [-0.1, -0.05) is 25.0 Å². The van der Waals surface area contributed by atoms with E-state index in [1.54, 1.807) is 14.2 Å². The molecule has 2 aromatic carbocycles. The zero-order valence-electron chi connectivity index (χ0n) is 15.2. The van der Waals surface area contributed by atoms with Crippen LogP contribution in [0, 0.1) is 5.92 Å². The monoisotopic (exact) mass is 337 g/mol. The van der Waals surface area contributed by atoms with E-state index in [4.69, 9.17) is 9.47 Å². The van der Waals surface area contributed by atoms with E-state index < -0.39 is 0 Å². The van der Waals surface area contributed by atoms with E-state index in [0.29, 0.717) is 0 Å². The third-order valence-electron chi connectivity index (χ3n) is 5.93. The highest BCUT2D eigenvalue weighted by atomic mass is 16.5. The molecule has 0 spiro atoms. The number of hydrogen-bond donors (Lipinski definition) is 1. The Labute approximate surface area is 150 Å². The molecule has 1 fully saturated rings. The molecule has 0 amide bonds. The van der Waals surface area contributed by atoms with E-state index in [0.717, 1.165) is 34.7 Å². The Kier molecular flexibility index (Phi) is 4.56. The molecule has 3 heteroatoms. The molecule has 1 saturated carbocycles. The number of aryl methyl sites for hydroxylation is 1. The topological polar surface area (TPSA) is 30.5 Å². The lowest BCUT2D eigenvalue weighted by Gasteiger charge is -2.37.